The van der Waals surface area contributed by atoms with Gasteiger partial charge in [-0.1, -0.05) is 51.2 Å². The molecule has 116 valence electrons. The van der Waals surface area contributed by atoms with Gasteiger partial charge >= 0.3 is 29.6 Å². The summed E-state index contributed by atoms with van der Waals surface area (Å²) < 4.78 is 13.7. The normalized spacial score (nSPS) is 11.4. The van der Waals surface area contributed by atoms with Crippen molar-refractivity contribution in [2.45, 2.75) is 51.6 Å². The molecule has 6 heteroatoms. The zero-order valence-electron chi connectivity index (χ0n) is 13.2. The molecule has 0 aliphatic rings. The molecule has 22 heavy (non-hydrogen) atoms. The number of unbranched alkanes of at least 4 members (excludes halogenated alkanes) is 4. The van der Waals surface area contributed by atoms with Crippen LogP contribution in [0.1, 0.15) is 55.8 Å². The van der Waals surface area contributed by atoms with E-state index >= 15 is 0 Å². The molecule has 0 aliphatic heterocycles. The molecule has 1 atom stereocenters. The number of amides is 1. The Hall–Kier alpha value is -0.910. The molecule has 1 unspecified atom stereocenters. The molecule has 0 radical (unpaired) electrons. The topological polar surface area (TPSA) is 69.2 Å². The first-order chi connectivity index (χ1) is 10.0. The first-order valence-electron chi connectivity index (χ1n) is 7.31. The molecule has 0 heterocycles. The van der Waals surface area contributed by atoms with Crippen molar-refractivity contribution < 1.29 is 48.6 Å². The Labute approximate surface area is 152 Å². The van der Waals surface area contributed by atoms with E-state index in [1.165, 1.54) is 24.3 Å². The Kier molecular flexibility index (Phi) is 11.1. The summed E-state index contributed by atoms with van der Waals surface area (Å²) >= 11 is 0. The third kappa shape index (κ3) is 7.92. The number of carboxylic acid groups (broad SMARTS) is 1. The van der Waals surface area contributed by atoms with Crippen molar-refractivity contribution in [2.24, 2.45) is 0 Å². The van der Waals surface area contributed by atoms with Crippen LogP contribution in [-0.2, 0) is 4.79 Å². The van der Waals surface area contributed by atoms with Crippen LogP contribution in [0.3, 0.4) is 0 Å². The van der Waals surface area contributed by atoms with Gasteiger partial charge < -0.3 is 15.2 Å². The Balaban J connectivity index is 0.00000441. The van der Waals surface area contributed by atoms with Gasteiger partial charge in [0.15, 0.2) is 6.17 Å². The van der Waals surface area contributed by atoms with E-state index in [-0.39, 0.29) is 41.5 Å². The first kappa shape index (κ1) is 21.1. The summed E-state index contributed by atoms with van der Waals surface area (Å²) in [6.45, 7) is 2.11. The van der Waals surface area contributed by atoms with Gasteiger partial charge in [-0.15, -0.1) is 0 Å². The molecule has 0 saturated heterocycles. The molecular weight excluding hydrogens is 296 g/mol. The van der Waals surface area contributed by atoms with Crippen LogP contribution in [0, 0.1) is 0 Å². The number of carbonyl (C=O) groups excluding carboxylic acids is 2. The largest absolute Gasteiger partial charge is 1.00 e. The average Bonchev–Trinajstić information content (AvgIpc) is 2.47. The maximum absolute atomic E-state index is 13.7. The van der Waals surface area contributed by atoms with Crippen LogP contribution in [0.25, 0.3) is 0 Å². The smallest absolute Gasteiger partial charge is 0.545 e. The maximum atomic E-state index is 13.7. The Morgan fingerprint density at radius 1 is 1.14 bits per heavy atom. The quantitative estimate of drug-likeness (QED) is 0.502. The fraction of sp³-hybridized carbons (Fsp3) is 0.500. The van der Waals surface area contributed by atoms with E-state index in [0.29, 0.717) is 12.1 Å². The van der Waals surface area contributed by atoms with E-state index in [1.54, 1.807) is 0 Å². The van der Waals surface area contributed by atoms with Gasteiger partial charge in [-0.05, 0) is 24.1 Å². The number of carbonyl (C=O) groups is 2. The molecule has 1 N–H and O–H groups in total. The van der Waals surface area contributed by atoms with E-state index in [1.807, 2.05) is 0 Å². The third-order valence-electron chi connectivity index (χ3n) is 3.23. The van der Waals surface area contributed by atoms with Crippen molar-refractivity contribution in [3.63, 3.8) is 0 Å². The maximum Gasteiger partial charge on any atom is 1.00 e. The van der Waals surface area contributed by atoms with Crippen LogP contribution in [0.4, 0.5) is 10.1 Å². The number of alkyl halides is 1. The molecule has 0 saturated carbocycles. The van der Waals surface area contributed by atoms with E-state index in [0.717, 1.165) is 25.7 Å². The fourth-order valence-electron chi connectivity index (χ4n) is 1.97. The van der Waals surface area contributed by atoms with Gasteiger partial charge in [-0.2, -0.15) is 0 Å². The summed E-state index contributed by atoms with van der Waals surface area (Å²) in [6, 6.07) is 5.44. The van der Waals surface area contributed by atoms with Crippen LogP contribution < -0.4 is 40.0 Å². The zero-order valence-corrected chi connectivity index (χ0v) is 15.2. The molecule has 1 aromatic carbocycles. The van der Waals surface area contributed by atoms with Crippen LogP contribution in [0.2, 0.25) is 0 Å². The van der Waals surface area contributed by atoms with E-state index in [4.69, 9.17) is 0 Å². The van der Waals surface area contributed by atoms with Crippen molar-refractivity contribution in [3.05, 3.63) is 29.8 Å². The Morgan fingerprint density at radius 3 is 2.27 bits per heavy atom. The molecular formula is C16H21FNNaO3. The molecule has 1 amide bonds. The van der Waals surface area contributed by atoms with Gasteiger partial charge in [-0.3, -0.25) is 4.79 Å². The fourth-order valence-corrected chi connectivity index (χ4v) is 1.97. The zero-order chi connectivity index (χ0) is 15.7. The molecule has 1 aromatic rings. The molecule has 4 nitrogen and oxygen atoms in total. The number of carboxylic acids is 1. The molecule has 1 rings (SSSR count). The molecule has 0 aromatic heterocycles. The number of nitrogens with one attached hydrogen (secondary N) is 1. The average molecular weight is 317 g/mol. The van der Waals surface area contributed by atoms with Crippen molar-refractivity contribution in [3.8, 4) is 0 Å². The van der Waals surface area contributed by atoms with Gasteiger partial charge in [0, 0.05) is 5.69 Å². The number of anilines is 1. The second kappa shape index (κ2) is 11.6. The monoisotopic (exact) mass is 317 g/mol. The summed E-state index contributed by atoms with van der Waals surface area (Å²) in [4.78, 5) is 22.2. The predicted molar refractivity (Wildman–Crippen MR) is 77.7 cm³/mol. The Morgan fingerprint density at radius 2 is 1.73 bits per heavy atom. The van der Waals surface area contributed by atoms with Gasteiger partial charge in [0.25, 0.3) is 5.91 Å². The number of aromatic carboxylic acids is 1. The number of rotatable bonds is 9. The SMILES string of the molecule is CCCCCCCC(F)C(=O)Nc1ccc(C(=O)[O-])cc1.[Na+]. The minimum Gasteiger partial charge on any atom is -0.545 e. The van der Waals surface area contributed by atoms with Gasteiger partial charge in [0.2, 0.25) is 0 Å². The van der Waals surface area contributed by atoms with Gasteiger partial charge in [-0.25, -0.2) is 4.39 Å². The van der Waals surface area contributed by atoms with Crippen molar-refractivity contribution >= 4 is 17.6 Å². The second-order valence-electron chi connectivity index (χ2n) is 5.02. The van der Waals surface area contributed by atoms with Crippen LogP contribution >= 0.6 is 0 Å². The number of benzene rings is 1. The molecule has 0 bridgehead atoms. The minimum absolute atomic E-state index is 0. The molecule has 0 aliphatic carbocycles. The standard InChI is InChI=1S/C16H22FNO3.Na/c1-2-3-4-5-6-7-14(17)15(19)18-13-10-8-12(9-11-13)16(20)21;/h8-11,14H,2-7H2,1H3,(H,18,19)(H,20,21);/q;+1/p-1. The second-order valence-corrected chi connectivity index (χ2v) is 5.02. The van der Waals surface area contributed by atoms with Crippen LogP contribution in [0.15, 0.2) is 24.3 Å². The number of hydrogen-bond acceptors (Lipinski definition) is 3. The van der Waals surface area contributed by atoms with Gasteiger partial charge in [0.1, 0.15) is 0 Å². The first-order valence-corrected chi connectivity index (χ1v) is 7.31. The minimum atomic E-state index is -1.53. The summed E-state index contributed by atoms with van der Waals surface area (Å²) in [5.41, 5.74) is 0.388. The number of hydrogen-bond donors (Lipinski definition) is 1. The summed E-state index contributed by atoms with van der Waals surface area (Å²) in [5, 5.41) is 13.0. The van der Waals surface area contributed by atoms with E-state index < -0.39 is 18.0 Å². The molecule has 0 fully saturated rings. The summed E-state index contributed by atoms with van der Waals surface area (Å²) in [6.07, 6.45) is 3.63. The van der Waals surface area contributed by atoms with E-state index in [9.17, 15) is 19.1 Å². The van der Waals surface area contributed by atoms with Crippen LogP contribution in [-0.4, -0.2) is 18.0 Å². The van der Waals surface area contributed by atoms with Gasteiger partial charge in [0.05, 0.1) is 5.97 Å². The summed E-state index contributed by atoms with van der Waals surface area (Å²) in [7, 11) is 0. The molecule has 0 spiro atoms. The predicted octanol–water partition coefficient (Wildman–Crippen LogP) is -0.309. The third-order valence-corrected chi connectivity index (χ3v) is 3.23. The Bertz CT molecular complexity index is 465. The number of halogens is 1. The van der Waals surface area contributed by atoms with E-state index in [2.05, 4.69) is 12.2 Å². The van der Waals surface area contributed by atoms with Crippen molar-refractivity contribution in [1.29, 1.82) is 0 Å². The van der Waals surface area contributed by atoms with Crippen LogP contribution in [0.5, 0.6) is 0 Å². The summed E-state index contributed by atoms with van der Waals surface area (Å²) in [5.74, 6) is -1.98. The van der Waals surface area contributed by atoms with Crippen molar-refractivity contribution in [1.82, 2.24) is 0 Å². The van der Waals surface area contributed by atoms with Crippen molar-refractivity contribution in [2.75, 3.05) is 5.32 Å².